The molecule has 7 rings (SSSR count). The quantitative estimate of drug-likeness (QED) is 0.318. The summed E-state index contributed by atoms with van der Waals surface area (Å²) in [7, 11) is 0. The van der Waals surface area contributed by atoms with E-state index in [1.165, 1.54) is 0 Å². The molecule has 2 fully saturated rings. The molecule has 10 nitrogen and oxygen atoms in total. The number of fused-ring (bicyclic) bond motifs is 1. The number of benzene rings is 2. The summed E-state index contributed by atoms with van der Waals surface area (Å²) < 4.78 is 1.95. The third-order valence-electron chi connectivity index (χ3n) is 8.85. The molecule has 212 valence electrons. The lowest BCUT2D eigenvalue weighted by molar-refractivity contribution is -0.0412. The Kier molecular flexibility index (Phi) is 6.69. The highest BCUT2D eigenvalue weighted by Gasteiger charge is 2.48. The van der Waals surface area contributed by atoms with Gasteiger partial charge in [-0.3, -0.25) is 14.4 Å². The number of carbonyl (C=O) groups excluding carboxylic acids is 1. The number of likely N-dealkylation sites (tertiary alicyclic amines) is 2. The number of piperidine rings is 1. The number of nitriles is 2. The van der Waals surface area contributed by atoms with Crippen molar-refractivity contribution in [2.45, 2.75) is 30.8 Å². The number of hydrogen-bond donors (Lipinski definition) is 1. The summed E-state index contributed by atoms with van der Waals surface area (Å²) >= 11 is 0. The molecule has 2 aliphatic heterocycles. The Morgan fingerprint density at radius 3 is 2.37 bits per heavy atom. The highest BCUT2D eigenvalue weighted by atomic mass is 16.2. The van der Waals surface area contributed by atoms with Crippen LogP contribution in [0.15, 0.2) is 79.5 Å². The van der Waals surface area contributed by atoms with Crippen LogP contribution in [0.4, 0.5) is 0 Å². The van der Waals surface area contributed by atoms with Gasteiger partial charge in [0.15, 0.2) is 0 Å². The summed E-state index contributed by atoms with van der Waals surface area (Å²) in [6.45, 7) is 2.91. The first-order valence-electron chi connectivity index (χ1n) is 14.4. The van der Waals surface area contributed by atoms with E-state index in [4.69, 9.17) is 5.26 Å². The second-order valence-electron chi connectivity index (χ2n) is 11.4. The average Bonchev–Trinajstić information content (AvgIpc) is 3.73. The number of H-pyrrole nitrogens is 1. The normalized spacial score (nSPS) is 16.8. The fraction of sp³-hybridized carbons (Fsp3) is 0.273. The first-order chi connectivity index (χ1) is 21.1. The molecule has 0 saturated carbocycles. The first kappa shape index (κ1) is 26.6. The number of nitrogens with zero attached hydrogens (tertiary/aromatic N) is 8. The van der Waals surface area contributed by atoms with Gasteiger partial charge in [0.2, 0.25) is 0 Å². The van der Waals surface area contributed by atoms with Crippen LogP contribution in [0.1, 0.15) is 35.2 Å². The second kappa shape index (κ2) is 10.8. The Hall–Kier alpha value is -5.32. The average molecular weight is 568 g/mol. The van der Waals surface area contributed by atoms with E-state index in [9.17, 15) is 10.1 Å². The predicted octanol–water partition coefficient (Wildman–Crippen LogP) is 4.59. The summed E-state index contributed by atoms with van der Waals surface area (Å²) in [6, 6.07) is 22.0. The Bertz CT molecular complexity index is 1860. The monoisotopic (exact) mass is 567 g/mol. The molecule has 5 heterocycles. The molecule has 2 saturated heterocycles. The molecule has 0 atom stereocenters. The molecular weight excluding hydrogens is 538 g/mol. The molecule has 0 aliphatic carbocycles. The van der Waals surface area contributed by atoms with E-state index in [-0.39, 0.29) is 11.4 Å². The van der Waals surface area contributed by atoms with Gasteiger partial charge in [0.05, 0.1) is 36.0 Å². The Morgan fingerprint density at radius 2 is 1.67 bits per heavy atom. The van der Waals surface area contributed by atoms with Crippen LogP contribution in [0.25, 0.3) is 33.4 Å². The molecule has 2 aromatic carbocycles. The molecule has 5 aromatic rings. The van der Waals surface area contributed by atoms with E-state index < -0.39 is 0 Å². The Labute approximate surface area is 248 Å². The lowest BCUT2D eigenvalue weighted by Crippen LogP contribution is -2.66. The SMILES string of the molecule is N#CCC1(n2cc(-c3ncnc4[nH]ccc34)cn2)CN(C2CCN(C(=O)c3ccc(-c4ccc(C#N)cc4)cc3)CC2)C1. The van der Waals surface area contributed by atoms with Gasteiger partial charge in [-0.1, -0.05) is 24.3 Å². The van der Waals surface area contributed by atoms with Gasteiger partial charge in [-0.2, -0.15) is 15.6 Å². The molecule has 10 heteroatoms. The van der Waals surface area contributed by atoms with Crippen molar-refractivity contribution in [2.75, 3.05) is 26.2 Å². The van der Waals surface area contributed by atoms with E-state index in [2.05, 4.69) is 37.1 Å². The summed E-state index contributed by atoms with van der Waals surface area (Å²) in [6.07, 6.45) is 9.38. The van der Waals surface area contributed by atoms with E-state index in [0.29, 0.717) is 36.7 Å². The molecule has 0 bridgehead atoms. The van der Waals surface area contributed by atoms with Gasteiger partial charge in [-0.05, 0) is 54.3 Å². The number of aromatic amines is 1. The third-order valence-corrected chi connectivity index (χ3v) is 8.85. The third kappa shape index (κ3) is 4.82. The summed E-state index contributed by atoms with van der Waals surface area (Å²) in [4.78, 5) is 29.5. The van der Waals surface area contributed by atoms with E-state index in [1.807, 2.05) is 70.6 Å². The number of rotatable bonds is 6. The van der Waals surface area contributed by atoms with Crippen molar-refractivity contribution in [3.8, 4) is 34.5 Å². The Balaban J connectivity index is 0.974. The summed E-state index contributed by atoms with van der Waals surface area (Å²) in [5.41, 5.74) is 5.46. The highest BCUT2D eigenvalue weighted by Crippen LogP contribution is 2.37. The maximum absolute atomic E-state index is 13.3. The first-order valence-corrected chi connectivity index (χ1v) is 14.4. The van der Waals surface area contributed by atoms with Crippen LogP contribution < -0.4 is 0 Å². The smallest absolute Gasteiger partial charge is 0.253 e. The van der Waals surface area contributed by atoms with Crippen molar-refractivity contribution >= 4 is 16.9 Å². The predicted molar refractivity (Wildman–Crippen MR) is 160 cm³/mol. The van der Waals surface area contributed by atoms with E-state index >= 15 is 0 Å². The zero-order valence-corrected chi connectivity index (χ0v) is 23.5. The van der Waals surface area contributed by atoms with Gasteiger partial charge in [0.25, 0.3) is 5.91 Å². The van der Waals surface area contributed by atoms with Crippen molar-refractivity contribution in [3.05, 3.63) is 90.6 Å². The van der Waals surface area contributed by atoms with E-state index in [1.54, 1.807) is 18.5 Å². The van der Waals surface area contributed by atoms with Crippen LogP contribution in [0.5, 0.6) is 0 Å². The number of carbonyl (C=O) groups is 1. The van der Waals surface area contributed by atoms with Crippen molar-refractivity contribution in [1.29, 1.82) is 10.5 Å². The minimum absolute atomic E-state index is 0.0533. The molecule has 0 spiro atoms. The Morgan fingerprint density at radius 1 is 0.953 bits per heavy atom. The van der Waals surface area contributed by atoms with E-state index in [0.717, 1.165) is 59.3 Å². The number of nitrogens with one attached hydrogen (secondary N) is 1. The van der Waals surface area contributed by atoms with Gasteiger partial charge in [-0.25, -0.2) is 9.97 Å². The maximum Gasteiger partial charge on any atom is 0.253 e. The number of amides is 1. The number of aromatic nitrogens is 5. The lowest BCUT2D eigenvalue weighted by atomic mass is 9.83. The summed E-state index contributed by atoms with van der Waals surface area (Å²) in [5.74, 6) is 0.0533. The fourth-order valence-electron chi connectivity index (χ4n) is 6.42. The van der Waals surface area contributed by atoms with Gasteiger partial charge in [-0.15, -0.1) is 0 Å². The molecule has 0 radical (unpaired) electrons. The van der Waals surface area contributed by atoms with Crippen molar-refractivity contribution in [2.24, 2.45) is 0 Å². The maximum atomic E-state index is 13.3. The molecule has 43 heavy (non-hydrogen) atoms. The van der Waals surface area contributed by atoms with Gasteiger partial charge >= 0.3 is 0 Å². The van der Waals surface area contributed by atoms with Crippen LogP contribution in [0.2, 0.25) is 0 Å². The van der Waals surface area contributed by atoms with Crippen LogP contribution in [-0.2, 0) is 5.54 Å². The minimum Gasteiger partial charge on any atom is -0.346 e. The topological polar surface area (TPSA) is 131 Å². The number of hydrogen-bond acceptors (Lipinski definition) is 7. The van der Waals surface area contributed by atoms with Crippen molar-refractivity contribution in [1.82, 2.24) is 34.5 Å². The van der Waals surface area contributed by atoms with Crippen LogP contribution in [-0.4, -0.2) is 72.7 Å². The molecule has 0 unspecified atom stereocenters. The van der Waals surface area contributed by atoms with Crippen molar-refractivity contribution in [3.63, 3.8) is 0 Å². The minimum atomic E-state index is -0.374. The van der Waals surface area contributed by atoms with Crippen LogP contribution >= 0.6 is 0 Å². The standard InChI is InChI=1S/C33H29N9O/c34-13-12-33(42-19-27(18-39-42)30-29-9-14-36-31(29)38-22-37-30)20-41(21-33)28-10-15-40(16-11-28)32(43)26-7-5-25(6-8-26)24-3-1-23(17-35)2-4-24/h1-9,14,18-19,22,28H,10-12,15-16,20-21H2,(H,36,37,38). The fourth-order valence-corrected chi connectivity index (χ4v) is 6.42. The van der Waals surface area contributed by atoms with Gasteiger partial charge in [0, 0.05) is 61.1 Å². The molecular formula is C33H29N9O. The van der Waals surface area contributed by atoms with Gasteiger partial charge in [0.1, 0.15) is 17.5 Å². The zero-order valence-electron chi connectivity index (χ0n) is 23.5. The highest BCUT2D eigenvalue weighted by molar-refractivity contribution is 5.95. The largest absolute Gasteiger partial charge is 0.346 e. The van der Waals surface area contributed by atoms with Crippen molar-refractivity contribution < 1.29 is 4.79 Å². The molecule has 2 aliphatic rings. The van der Waals surface area contributed by atoms with Crippen LogP contribution in [0.3, 0.4) is 0 Å². The summed E-state index contributed by atoms with van der Waals surface area (Å²) in [5, 5.41) is 24.3. The van der Waals surface area contributed by atoms with Gasteiger partial charge < -0.3 is 9.88 Å². The molecule has 1 N–H and O–H groups in total. The second-order valence-corrected chi connectivity index (χ2v) is 11.4. The zero-order chi connectivity index (χ0) is 29.4. The molecule has 1 amide bonds. The molecule has 3 aromatic heterocycles. The van der Waals surface area contributed by atoms with Crippen LogP contribution in [0, 0.1) is 22.7 Å². The lowest BCUT2D eigenvalue weighted by Gasteiger charge is -2.53.